The Labute approximate surface area is 133 Å². The van der Waals surface area contributed by atoms with Crippen LogP contribution >= 0.6 is 23.2 Å². The van der Waals surface area contributed by atoms with Gasteiger partial charge in [0.15, 0.2) is 0 Å². The highest BCUT2D eigenvalue weighted by Gasteiger charge is 2.12. The number of benzene rings is 2. The molecule has 2 aromatic carbocycles. The number of rotatable bonds is 4. The minimum absolute atomic E-state index is 0.0727. The van der Waals surface area contributed by atoms with Crippen molar-refractivity contribution >= 4 is 40.5 Å². The van der Waals surface area contributed by atoms with Gasteiger partial charge < -0.3 is 16.8 Å². The second kappa shape index (κ2) is 6.24. The van der Waals surface area contributed by atoms with Crippen LogP contribution in [0.1, 0.15) is 28.9 Å². The smallest absolute Gasteiger partial charge is 0.248 e. The van der Waals surface area contributed by atoms with E-state index >= 15 is 0 Å². The third kappa shape index (κ3) is 3.60. The summed E-state index contributed by atoms with van der Waals surface area (Å²) in [5.74, 6) is -0.512. The summed E-state index contributed by atoms with van der Waals surface area (Å²) in [6.45, 7) is 1.95. The summed E-state index contributed by atoms with van der Waals surface area (Å²) in [6, 6.07) is 10.1. The van der Waals surface area contributed by atoms with Crippen LogP contribution in [0.2, 0.25) is 10.0 Å². The van der Waals surface area contributed by atoms with Gasteiger partial charge in [0.1, 0.15) is 0 Å². The fourth-order valence-electron chi connectivity index (χ4n) is 2.01. The number of hydrogen-bond donors (Lipinski definition) is 3. The van der Waals surface area contributed by atoms with Crippen molar-refractivity contribution in [2.45, 2.75) is 13.0 Å². The number of carbonyl (C=O) groups is 1. The molecule has 110 valence electrons. The second-order valence-corrected chi connectivity index (χ2v) is 5.54. The Morgan fingerprint density at radius 1 is 1.19 bits per heavy atom. The predicted octanol–water partition coefficient (Wildman–Crippen LogP) is 3.85. The molecule has 4 nitrogen and oxygen atoms in total. The Bertz CT molecular complexity index is 689. The zero-order valence-corrected chi connectivity index (χ0v) is 12.9. The maximum atomic E-state index is 11.1. The van der Waals surface area contributed by atoms with E-state index in [4.69, 9.17) is 34.7 Å². The van der Waals surface area contributed by atoms with Gasteiger partial charge in [-0.3, -0.25) is 4.79 Å². The minimum atomic E-state index is -0.512. The molecular formula is C15H15Cl2N3O. The van der Waals surface area contributed by atoms with Crippen LogP contribution in [0.15, 0.2) is 36.4 Å². The molecule has 2 aromatic rings. The van der Waals surface area contributed by atoms with Crippen molar-refractivity contribution < 1.29 is 4.79 Å². The molecule has 0 aliphatic heterocycles. The van der Waals surface area contributed by atoms with Crippen LogP contribution in [-0.2, 0) is 0 Å². The zero-order valence-electron chi connectivity index (χ0n) is 11.4. The minimum Gasteiger partial charge on any atom is -0.397 e. The Balaban J connectivity index is 2.23. The summed E-state index contributed by atoms with van der Waals surface area (Å²) in [4.78, 5) is 11.1. The molecule has 1 atom stereocenters. The van der Waals surface area contributed by atoms with Gasteiger partial charge in [-0.25, -0.2) is 0 Å². The van der Waals surface area contributed by atoms with Crippen molar-refractivity contribution in [3.8, 4) is 0 Å². The normalized spacial score (nSPS) is 12.0. The maximum absolute atomic E-state index is 11.1. The largest absolute Gasteiger partial charge is 0.397 e. The zero-order chi connectivity index (χ0) is 15.6. The first kappa shape index (κ1) is 15.5. The van der Waals surface area contributed by atoms with Gasteiger partial charge in [-0.2, -0.15) is 0 Å². The van der Waals surface area contributed by atoms with Gasteiger partial charge in [-0.05, 0) is 42.8 Å². The number of halogens is 2. The molecule has 0 radical (unpaired) electrons. The first-order chi connectivity index (χ1) is 9.88. The number of nitrogens with two attached hydrogens (primary N) is 2. The summed E-state index contributed by atoms with van der Waals surface area (Å²) >= 11 is 12.1. The van der Waals surface area contributed by atoms with Crippen LogP contribution in [0.4, 0.5) is 11.4 Å². The van der Waals surface area contributed by atoms with Gasteiger partial charge in [0.05, 0.1) is 17.4 Å². The summed E-state index contributed by atoms with van der Waals surface area (Å²) in [5, 5.41) is 4.41. The average Bonchev–Trinajstić information content (AvgIpc) is 2.40. The number of amides is 1. The molecule has 0 aromatic heterocycles. The van der Waals surface area contributed by atoms with E-state index in [0.29, 0.717) is 27.0 Å². The van der Waals surface area contributed by atoms with E-state index in [1.54, 1.807) is 30.3 Å². The fourth-order valence-corrected chi connectivity index (χ4v) is 2.58. The first-order valence-electron chi connectivity index (χ1n) is 6.29. The maximum Gasteiger partial charge on any atom is 0.248 e. The van der Waals surface area contributed by atoms with Crippen LogP contribution in [0.25, 0.3) is 0 Å². The van der Waals surface area contributed by atoms with Gasteiger partial charge in [-0.1, -0.05) is 29.3 Å². The van der Waals surface area contributed by atoms with E-state index in [1.165, 1.54) is 0 Å². The summed E-state index contributed by atoms with van der Waals surface area (Å²) in [7, 11) is 0. The molecule has 5 N–H and O–H groups in total. The van der Waals surface area contributed by atoms with E-state index in [2.05, 4.69) is 5.32 Å². The Hall–Kier alpha value is -1.91. The number of nitrogen functional groups attached to an aromatic ring is 1. The highest BCUT2D eigenvalue weighted by molar-refractivity contribution is 6.35. The van der Waals surface area contributed by atoms with Crippen molar-refractivity contribution in [1.82, 2.24) is 0 Å². The Kier molecular flexibility index (Phi) is 4.60. The lowest BCUT2D eigenvalue weighted by Gasteiger charge is -2.18. The van der Waals surface area contributed by atoms with Crippen molar-refractivity contribution in [3.63, 3.8) is 0 Å². The van der Waals surface area contributed by atoms with Crippen molar-refractivity contribution in [2.75, 3.05) is 11.1 Å². The molecule has 1 amide bonds. The van der Waals surface area contributed by atoms with Crippen LogP contribution in [0.5, 0.6) is 0 Å². The summed E-state index contributed by atoms with van der Waals surface area (Å²) < 4.78 is 0. The van der Waals surface area contributed by atoms with E-state index in [9.17, 15) is 4.79 Å². The molecule has 21 heavy (non-hydrogen) atoms. The molecule has 0 fully saturated rings. The third-order valence-corrected chi connectivity index (χ3v) is 3.70. The Morgan fingerprint density at radius 2 is 1.90 bits per heavy atom. The highest BCUT2D eigenvalue weighted by Crippen LogP contribution is 2.30. The average molecular weight is 324 g/mol. The molecule has 0 aliphatic carbocycles. The SMILES string of the molecule is CC(Nc1ccc(C(N)=O)cc1N)c1ccc(Cl)cc1Cl. The van der Waals surface area contributed by atoms with E-state index in [-0.39, 0.29) is 6.04 Å². The molecule has 2 rings (SSSR count). The summed E-state index contributed by atoms with van der Waals surface area (Å²) in [5.41, 5.74) is 13.6. The van der Waals surface area contributed by atoms with E-state index < -0.39 is 5.91 Å². The first-order valence-corrected chi connectivity index (χ1v) is 7.05. The quantitative estimate of drug-likeness (QED) is 0.747. The number of hydrogen-bond acceptors (Lipinski definition) is 3. The molecule has 0 saturated heterocycles. The summed E-state index contributed by atoms with van der Waals surface area (Å²) in [6.07, 6.45) is 0. The van der Waals surface area contributed by atoms with Crippen molar-refractivity contribution in [1.29, 1.82) is 0 Å². The lowest BCUT2D eigenvalue weighted by Crippen LogP contribution is -2.13. The second-order valence-electron chi connectivity index (χ2n) is 4.70. The van der Waals surface area contributed by atoms with Crippen LogP contribution in [0.3, 0.4) is 0 Å². The molecule has 0 spiro atoms. The topological polar surface area (TPSA) is 81.1 Å². The van der Waals surface area contributed by atoms with Crippen LogP contribution < -0.4 is 16.8 Å². The highest BCUT2D eigenvalue weighted by atomic mass is 35.5. The number of carbonyl (C=O) groups excluding carboxylic acids is 1. The van der Waals surface area contributed by atoms with Gasteiger partial charge in [0.25, 0.3) is 0 Å². The molecule has 0 aliphatic rings. The van der Waals surface area contributed by atoms with Gasteiger partial charge in [0.2, 0.25) is 5.91 Å². The van der Waals surface area contributed by atoms with Gasteiger partial charge >= 0.3 is 0 Å². The molecule has 6 heteroatoms. The lowest BCUT2D eigenvalue weighted by molar-refractivity contribution is 0.100. The molecule has 0 heterocycles. The van der Waals surface area contributed by atoms with E-state index in [0.717, 1.165) is 5.56 Å². The van der Waals surface area contributed by atoms with Gasteiger partial charge in [-0.15, -0.1) is 0 Å². The van der Waals surface area contributed by atoms with Crippen molar-refractivity contribution in [3.05, 3.63) is 57.6 Å². The lowest BCUT2D eigenvalue weighted by atomic mass is 10.1. The third-order valence-electron chi connectivity index (χ3n) is 3.14. The standard InChI is InChI=1S/C15H15Cl2N3O/c1-8(11-4-3-10(16)7-12(11)17)20-14-5-2-9(15(19)21)6-13(14)18/h2-8,20H,18H2,1H3,(H2,19,21). The number of primary amides is 1. The monoisotopic (exact) mass is 323 g/mol. The van der Waals surface area contributed by atoms with E-state index in [1.807, 2.05) is 13.0 Å². The number of nitrogens with one attached hydrogen (secondary N) is 1. The van der Waals surface area contributed by atoms with Crippen LogP contribution in [0, 0.1) is 0 Å². The van der Waals surface area contributed by atoms with Crippen LogP contribution in [-0.4, -0.2) is 5.91 Å². The molecule has 0 saturated carbocycles. The molecule has 0 bridgehead atoms. The Morgan fingerprint density at radius 3 is 2.48 bits per heavy atom. The molecule has 1 unspecified atom stereocenters. The predicted molar refractivity (Wildman–Crippen MR) is 87.9 cm³/mol. The van der Waals surface area contributed by atoms with Crippen molar-refractivity contribution in [2.24, 2.45) is 5.73 Å². The number of anilines is 2. The van der Waals surface area contributed by atoms with Gasteiger partial charge in [0, 0.05) is 15.6 Å². The fraction of sp³-hybridized carbons (Fsp3) is 0.133. The molecular weight excluding hydrogens is 309 g/mol.